The molecular formula is C10H18BrNO3. The summed E-state index contributed by atoms with van der Waals surface area (Å²) in [6.07, 6.45) is 0.229. The van der Waals surface area contributed by atoms with Crippen LogP contribution >= 0.6 is 15.9 Å². The van der Waals surface area contributed by atoms with Crippen LogP contribution in [0.4, 0.5) is 0 Å². The van der Waals surface area contributed by atoms with Gasteiger partial charge in [0, 0.05) is 12.1 Å². The highest BCUT2D eigenvalue weighted by Gasteiger charge is 2.25. The van der Waals surface area contributed by atoms with Crippen molar-refractivity contribution in [2.24, 2.45) is 0 Å². The van der Waals surface area contributed by atoms with Gasteiger partial charge in [0.1, 0.15) is 0 Å². The number of amides is 1. The van der Waals surface area contributed by atoms with Crippen LogP contribution < -0.4 is 0 Å². The average Bonchev–Trinajstić information content (AvgIpc) is 2.15. The maximum absolute atomic E-state index is 11.6. The van der Waals surface area contributed by atoms with Gasteiger partial charge in [-0.1, -0.05) is 15.9 Å². The first kappa shape index (κ1) is 14.4. The Morgan fingerprint density at radius 1 is 1.33 bits per heavy atom. The zero-order valence-corrected chi connectivity index (χ0v) is 11.3. The summed E-state index contributed by atoms with van der Waals surface area (Å²) < 4.78 is 4.54. The molecule has 0 bridgehead atoms. The van der Waals surface area contributed by atoms with Gasteiger partial charge in [0.25, 0.3) is 0 Å². The molecule has 0 aliphatic heterocycles. The largest absolute Gasteiger partial charge is 0.469 e. The van der Waals surface area contributed by atoms with Gasteiger partial charge in [-0.05, 0) is 20.8 Å². The van der Waals surface area contributed by atoms with Gasteiger partial charge in [-0.3, -0.25) is 9.59 Å². The van der Waals surface area contributed by atoms with Crippen molar-refractivity contribution >= 4 is 27.8 Å². The first-order chi connectivity index (χ1) is 6.82. The molecule has 0 aromatic heterocycles. The minimum Gasteiger partial charge on any atom is -0.469 e. The standard InChI is InChI=1S/C10H18BrNO3/c1-10(2,3)12(8(13)7-11)6-5-9(14)15-4/h5-7H2,1-4H3. The van der Waals surface area contributed by atoms with Gasteiger partial charge in [0.05, 0.1) is 18.9 Å². The van der Waals surface area contributed by atoms with E-state index in [1.54, 1.807) is 4.90 Å². The third kappa shape index (κ3) is 5.16. The van der Waals surface area contributed by atoms with Crippen molar-refractivity contribution in [2.45, 2.75) is 32.7 Å². The molecule has 0 aliphatic rings. The van der Waals surface area contributed by atoms with E-state index in [1.165, 1.54) is 7.11 Å². The maximum Gasteiger partial charge on any atom is 0.307 e. The fraction of sp³-hybridized carbons (Fsp3) is 0.800. The summed E-state index contributed by atoms with van der Waals surface area (Å²) in [5, 5.41) is 0.269. The molecule has 0 aliphatic carbocycles. The summed E-state index contributed by atoms with van der Waals surface area (Å²) in [6.45, 7) is 6.20. The zero-order valence-electron chi connectivity index (χ0n) is 9.67. The Bertz CT molecular complexity index is 235. The number of hydrogen-bond acceptors (Lipinski definition) is 3. The summed E-state index contributed by atoms with van der Waals surface area (Å²) in [5.74, 6) is -0.321. The van der Waals surface area contributed by atoms with Crippen LogP contribution in [0.25, 0.3) is 0 Å². The lowest BCUT2D eigenvalue weighted by Crippen LogP contribution is -2.47. The fourth-order valence-electron chi connectivity index (χ4n) is 1.21. The van der Waals surface area contributed by atoms with Crippen molar-refractivity contribution in [3.8, 4) is 0 Å². The van der Waals surface area contributed by atoms with Crippen LogP contribution in [0.1, 0.15) is 27.2 Å². The molecule has 0 saturated heterocycles. The van der Waals surface area contributed by atoms with E-state index in [4.69, 9.17) is 0 Å². The van der Waals surface area contributed by atoms with Crippen LogP contribution in [-0.4, -0.2) is 41.3 Å². The molecule has 0 radical (unpaired) electrons. The van der Waals surface area contributed by atoms with Crippen LogP contribution in [0.3, 0.4) is 0 Å². The summed E-state index contributed by atoms with van der Waals surface area (Å²) in [7, 11) is 1.34. The number of esters is 1. The second-order valence-electron chi connectivity index (χ2n) is 4.18. The zero-order chi connectivity index (χ0) is 12.1. The number of carbonyl (C=O) groups is 2. The monoisotopic (exact) mass is 279 g/mol. The lowest BCUT2D eigenvalue weighted by molar-refractivity contribution is -0.142. The Morgan fingerprint density at radius 3 is 2.20 bits per heavy atom. The Hall–Kier alpha value is -0.580. The van der Waals surface area contributed by atoms with E-state index >= 15 is 0 Å². The van der Waals surface area contributed by atoms with Crippen LogP contribution in [-0.2, 0) is 14.3 Å². The smallest absolute Gasteiger partial charge is 0.307 e. The molecule has 0 atom stereocenters. The molecule has 5 heteroatoms. The second-order valence-corrected chi connectivity index (χ2v) is 4.74. The number of alkyl halides is 1. The summed E-state index contributed by atoms with van der Waals surface area (Å²) in [6, 6.07) is 0. The highest BCUT2D eigenvalue weighted by Crippen LogP contribution is 2.14. The van der Waals surface area contributed by atoms with Crippen molar-refractivity contribution in [1.82, 2.24) is 4.90 Å². The molecule has 0 saturated carbocycles. The molecule has 1 amide bonds. The molecule has 0 aromatic carbocycles. The van der Waals surface area contributed by atoms with E-state index < -0.39 is 0 Å². The Labute approximate surface area is 99.1 Å². The van der Waals surface area contributed by atoms with E-state index in [-0.39, 0.29) is 29.2 Å². The first-order valence-electron chi connectivity index (χ1n) is 4.76. The number of nitrogens with zero attached hydrogens (tertiary/aromatic N) is 1. The number of rotatable bonds is 4. The summed E-state index contributed by atoms with van der Waals surface area (Å²) >= 11 is 3.12. The number of ether oxygens (including phenoxy) is 1. The summed E-state index contributed by atoms with van der Waals surface area (Å²) in [5.41, 5.74) is -0.279. The van der Waals surface area contributed by atoms with Gasteiger partial charge in [-0.25, -0.2) is 0 Å². The Kier molecular flexibility index (Phi) is 5.87. The van der Waals surface area contributed by atoms with Crippen LogP contribution in [0.15, 0.2) is 0 Å². The SMILES string of the molecule is COC(=O)CCN(C(=O)CBr)C(C)(C)C. The first-order valence-corrected chi connectivity index (χ1v) is 5.88. The predicted octanol–water partition coefficient (Wildman–Crippen LogP) is 1.57. The molecule has 15 heavy (non-hydrogen) atoms. The van der Waals surface area contributed by atoms with Gasteiger partial charge < -0.3 is 9.64 Å². The van der Waals surface area contributed by atoms with Gasteiger partial charge in [-0.15, -0.1) is 0 Å². The van der Waals surface area contributed by atoms with E-state index in [2.05, 4.69) is 20.7 Å². The maximum atomic E-state index is 11.6. The van der Waals surface area contributed by atoms with Crippen molar-refractivity contribution in [1.29, 1.82) is 0 Å². The number of methoxy groups -OCH3 is 1. The van der Waals surface area contributed by atoms with Crippen molar-refractivity contribution < 1.29 is 14.3 Å². The Balaban J connectivity index is 4.40. The van der Waals surface area contributed by atoms with Crippen molar-refractivity contribution in [2.75, 3.05) is 19.0 Å². The van der Waals surface area contributed by atoms with Crippen LogP contribution in [0, 0.1) is 0 Å². The molecule has 0 rings (SSSR count). The third-order valence-electron chi connectivity index (χ3n) is 1.99. The van der Waals surface area contributed by atoms with E-state index in [9.17, 15) is 9.59 Å². The minimum absolute atomic E-state index is 0.0218. The van der Waals surface area contributed by atoms with E-state index in [0.29, 0.717) is 6.54 Å². The van der Waals surface area contributed by atoms with Crippen LogP contribution in [0.5, 0.6) is 0 Å². The van der Waals surface area contributed by atoms with Gasteiger partial charge in [-0.2, -0.15) is 0 Å². The number of halogens is 1. The lowest BCUT2D eigenvalue weighted by atomic mass is 10.1. The average molecular weight is 280 g/mol. The molecule has 0 aromatic rings. The third-order valence-corrected chi connectivity index (χ3v) is 2.47. The predicted molar refractivity (Wildman–Crippen MR) is 61.9 cm³/mol. The molecule has 0 unspecified atom stereocenters. The van der Waals surface area contributed by atoms with Gasteiger partial charge >= 0.3 is 5.97 Å². The molecule has 0 heterocycles. The number of carbonyl (C=O) groups excluding carboxylic acids is 2. The molecule has 0 spiro atoms. The Morgan fingerprint density at radius 2 is 1.87 bits per heavy atom. The molecular weight excluding hydrogens is 262 g/mol. The van der Waals surface area contributed by atoms with Crippen molar-refractivity contribution in [3.05, 3.63) is 0 Å². The minimum atomic E-state index is -0.299. The normalized spacial score (nSPS) is 11.0. The van der Waals surface area contributed by atoms with E-state index in [1.807, 2.05) is 20.8 Å². The highest BCUT2D eigenvalue weighted by atomic mass is 79.9. The van der Waals surface area contributed by atoms with Crippen molar-refractivity contribution in [3.63, 3.8) is 0 Å². The van der Waals surface area contributed by atoms with Gasteiger partial charge in [0.2, 0.25) is 5.91 Å². The lowest BCUT2D eigenvalue weighted by Gasteiger charge is -2.35. The molecule has 0 fully saturated rings. The van der Waals surface area contributed by atoms with Crippen LogP contribution in [0.2, 0.25) is 0 Å². The quantitative estimate of drug-likeness (QED) is 0.580. The van der Waals surface area contributed by atoms with Gasteiger partial charge in [0.15, 0.2) is 0 Å². The highest BCUT2D eigenvalue weighted by molar-refractivity contribution is 9.09. The molecule has 4 nitrogen and oxygen atoms in total. The fourth-order valence-corrected chi connectivity index (χ4v) is 1.51. The molecule has 88 valence electrons. The second kappa shape index (κ2) is 6.10. The number of hydrogen-bond donors (Lipinski definition) is 0. The summed E-state index contributed by atoms with van der Waals surface area (Å²) in [4.78, 5) is 24.2. The topological polar surface area (TPSA) is 46.6 Å². The van der Waals surface area contributed by atoms with E-state index in [0.717, 1.165) is 0 Å². The molecule has 0 N–H and O–H groups in total.